The molecule has 1 aromatic heterocycles. The van der Waals surface area contributed by atoms with E-state index in [4.69, 9.17) is 0 Å². The Morgan fingerprint density at radius 2 is 1.79 bits per heavy atom. The van der Waals surface area contributed by atoms with E-state index in [0.29, 0.717) is 13.0 Å². The first-order valence-corrected chi connectivity index (χ1v) is 9.88. The maximum absolute atomic E-state index is 12.4. The molecule has 2 amide bonds. The molecule has 0 aliphatic heterocycles. The number of aryl methyl sites for hydroxylation is 1. The predicted octanol–water partition coefficient (Wildman–Crippen LogP) is 3.66. The Morgan fingerprint density at radius 1 is 1.04 bits per heavy atom. The maximum atomic E-state index is 12.4. The number of hydrogen-bond acceptors (Lipinski definition) is 2. The van der Waals surface area contributed by atoms with E-state index in [1.807, 2.05) is 48.7 Å². The van der Waals surface area contributed by atoms with E-state index in [1.165, 1.54) is 16.5 Å². The van der Waals surface area contributed by atoms with Crippen molar-refractivity contribution in [3.8, 4) is 0 Å². The van der Waals surface area contributed by atoms with E-state index in [-0.39, 0.29) is 23.7 Å². The number of H-pyrrole nitrogens is 1. The first-order chi connectivity index (χ1) is 13.7. The fourth-order valence-electron chi connectivity index (χ4n) is 3.62. The third kappa shape index (κ3) is 3.93. The van der Waals surface area contributed by atoms with Gasteiger partial charge in [0.1, 0.15) is 0 Å². The van der Waals surface area contributed by atoms with Crippen LogP contribution in [0.4, 0.5) is 5.69 Å². The molecule has 4 rings (SSSR count). The van der Waals surface area contributed by atoms with Gasteiger partial charge >= 0.3 is 0 Å². The van der Waals surface area contributed by atoms with Crippen LogP contribution in [-0.4, -0.2) is 23.3 Å². The topological polar surface area (TPSA) is 74.0 Å². The number of rotatable bonds is 7. The average Bonchev–Trinajstić information content (AvgIpc) is 3.43. The van der Waals surface area contributed by atoms with Crippen LogP contribution in [0.5, 0.6) is 0 Å². The largest absolute Gasteiger partial charge is 0.361 e. The summed E-state index contributed by atoms with van der Waals surface area (Å²) < 4.78 is 0. The van der Waals surface area contributed by atoms with Crippen molar-refractivity contribution in [1.82, 2.24) is 10.3 Å². The van der Waals surface area contributed by atoms with Crippen molar-refractivity contribution in [3.05, 3.63) is 65.9 Å². The molecule has 5 heteroatoms. The van der Waals surface area contributed by atoms with E-state index >= 15 is 0 Å². The van der Waals surface area contributed by atoms with E-state index in [9.17, 15) is 9.59 Å². The van der Waals surface area contributed by atoms with Crippen molar-refractivity contribution in [2.45, 2.75) is 26.2 Å². The zero-order chi connectivity index (χ0) is 19.5. The van der Waals surface area contributed by atoms with Gasteiger partial charge in [0, 0.05) is 29.3 Å². The third-order valence-corrected chi connectivity index (χ3v) is 5.46. The summed E-state index contributed by atoms with van der Waals surface area (Å²) in [6, 6.07) is 16.0. The Hall–Kier alpha value is -3.08. The molecule has 0 radical (unpaired) electrons. The van der Waals surface area contributed by atoms with Crippen LogP contribution in [0.25, 0.3) is 10.9 Å². The van der Waals surface area contributed by atoms with Crippen molar-refractivity contribution in [2.24, 2.45) is 11.8 Å². The van der Waals surface area contributed by atoms with Crippen LogP contribution in [0.2, 0.25) is 0 Å². The van der Waals surface area contributed by atoms with Crippen molar-refractivity contribution in [2.75, 3.05) is 11.9 Å². The minimum absolute atomic E-state index is 0.0266. The molecule has 5 nitrogen and oxygen atoms in total. The molecule has 1 aliphatic rings. The molecular formula is C23H25N3O2. The molecule has 3 aromatic rings. The second-order valence-electron chi connectivity index (χ2n) is 7.39. The SMILES string of the molecule is CCc1ccc(NC(=O)C2CC2C(=O)NCCc2c[nH]c3ccccc23)cc1. The second kappa shape index (κ2) is 7.89. The van der Waals surface area contributed by atoms with Crippen molar-refractivity contribution in [3.63, 3.8) is 0 Å². The molecule has 3 N–H and O–H groups in total. The van der Waals surface area contributed by atoms with E-state index in [0.717, 1.165) is 24.0 Å². The summed E-state index contributed by atoms with van der Waals surface area (Å²) in [6.45, 7) is 2.67. The number of amides is 2. The molecule has 2 atom stereocenters. The monoisotopic (exact) mass is 375 g/mol. The molecular weight excluding hydrogens is 350 g/mol. The van der Waals surface area contributed by atoms with Gasteiger partial charge in [0.25, 0.3) is 0 Å². The smallest absolute Gasteiger partial charge is 0.228 e. The fraction of sp³-hybridized carbons (Fsp3) is 0.304. The highest BCUT2D eigenvalue weighted by Gasteiger charge is 2.47. The van der Waals surface area contributed by atoms with Gasteiger partial charge in [-0.05, 0) is 48.6 Å². The van der Waals surface area contributed by atoms with Crippen molar-refractivity contribution >= 4 is 28.4 Å². The third-order valence-electron chi connectivity index (χ3n) is 5.46. The Kier molecular flexibility index (Phi) is 5.15. The molecule has 0 saturated heterocycles. The molecule has 1 aliphatic carbocycles. The number of carbonyl (C=O) groups excluding carboxylic acids is 2. The summed E-state index contributed by atoms with van der Waals surface area (Å²) in [4.78, 5) is 28.0. The normalized spacial score (nSPS) is 18.0. The zero-order valence-electron chi connectivity index (χ0n) is 16.0. The summed E-state index contributed by atoms with van der Waals surface area (Å²) in [5.74, 6) is -0.529. The quantitative estimate of drug-likeness (QED) is 0.589. The summed E-state index contributed by atoms with van der Waals surface area (Å²) >= 11 is 0. The van der Waals surface area contributed by atoms with Gasteiger partial charge in [-0.3, -0.25) is 9.59 Å². The van der Waals surface area contributed by atoms with Gasteiger partial charge in [-0.1, -0.05) is 37.3 Å². The van der Waals surface area contributed by atoms with Crippen LogP contribution < -0.4 is 10.6 Å². The molecule has 2 aromatic carbocycles. The summed E-state index contributed by atoms with van der Waals surface area (Å²) in [7, 11) is 0. The number of anilines is 1. The molecule has 1 fully saturated rings. The number of aromatic nitrogens is 1. The number of benzene rings is 2. The van der Waals surface area contributed by atoms with Gasteiger partial charge < -0.3 is 15.6 Å². The molecule has 144 valence electrons. The Labute approximate surface area is 164 Å². The van der Waals surface area contributed by atoms with Crippen LogP contribution in [-0.2, 0) is 22.4 Å². The molecule has 1 heterocycles. The lowest BCUT2D eigenvalue weighted by atomic mass is 10.1. The minimum atomic E-state index is -0.223. The van der Waals surface area contributed by atoms with E-state index < -0.39 is 0 Å². The van der Waals surface area contributed by atoms with Gasteiger partial charge in [0.05, 0.1) is 11.8 Å². The van der Waals surface area contributed by atoms with Crippen LogP contribution >= 0.6 is 0 Å². The maximum Gasteiger partial charge on any atom is 0.228 e. The first kappa shape index (κ1) is 18.3. The van der Waals surface area contributed by atoms with Crippen LogP contribution in [0.1, 0.15) is 24.5 Å². The Morgan fingerprint density at radius 3 is 2.57 bits per heavy atom. The summed E-state index contributed by atoms with van der Waals surface area (Å²) in [6.07, 6.45) is 4.35. The van der Waals surface area contributed by atoms with Crippen LogP contribution in [0.15, 0.2) is 54.7 Å². The number of hydrogen-bond donors (Lipinski definition) is 3. The highest BCUT2D eigenvalue weighted by molar-refractivity contribution is 5.99. The fourth-order valence-corrected chi connectivity index (χ4v) is 3.62. The van der Waals surface area contributed by atoms with Crippen LogP contribution in [0.3, 0.4) is 0 Å². The van der Waals surface area contributed by atoms with Crippen molar-refractivity contribution < 1.29 is 9.59 Å². The second-order valence-corrected chi connectivity index (χ2v) is 7.39. The lowest BCUT2D eigenvalue weighted by molar-refractivity contribution is -0.125. The predicted molar refractivity (Wildman–Crippen MR) is 111 cm³/mol. The summed E-state index contributed by atoms with van der Waals surface area (Å²) in [5.41, 5.74) is 4.32. The van der Waals surface area contributed by atoms with Crippen molar-refractivity contribution in [1.29, 1.82) is 0 Å². The average molecular weight is 375 g/mol. The molecule has 28 heavy (non-hydrogen) atoms. The number of carbonyl (C=O) groups is 2. The van der Waals surface area contributed by atoms with E-state index in [1.54, 1.807) is 0 Å². The van der Waals surface area contributed by atoms with Gasteiger partial charge in [0.2, 0.25) is 11.8 Å². The Balaban J connectivity index is 1.24. The lowest BCUT2D eigenvalue weighted by Gasteiger charge is -2.07. The number of aromatic amines is 1. The number of nitrogens with one attached hydrogen (secondary N) is 3. The molecule has 1 saturated carbocycles. The zero-order valence-corrected chi connectivity index (χ0v) is 16.0. The molecule has 0 spiro atoms. The number of para-hydroxylation sites is 1. The van der Waals surface area contributed by atoms with Crippen LogP contribution in [0, 0.1) is 11.8 Å². The lowest BCUT2D eigenvalue weighted by Crippen LogP contribution is -2.29. The standard InChI is InChI=1S/C23H25N3O2/c1-2-15-7-9-17(10-8-15)26-23(28)20-13-19(20)22(27)24-12-11-16-14-25-21-6-4-3-5-18(16)21/h3-10,14,19-20,25H,2,11-13H2,1H3,(H,24,27)(H,26,28). The van der Waals surface area contributed by atoms with Gasteiger partial charge in [-0.25, -0.2) is 0 Å². The molecule has 2 unspecified atom stereocenters. The van der Waals surface area contributed by atoms with E-state index in [2.05, 4.69) is 28.6 Å². The summed E-state index contributed by atoms with van der Waals surface area (Å²) in [5, 5.41) is 7.08. The van der Waals surface area contributed by atoms with Gasteiger partial charge in [-0.2, -0.15) is 0 Å². The highest BCUT2D eigenvalue weighted by atomic mass is 16.2. The molecule has 0 bridgehead atoms. The first-order valence-electron chi connectivity index (χ1n) is 9.88. The Bertz CT molecular complexity index is 991. The van der Waals surface area contributed by atoms with Gasteiger partial charge in [0.15, 0.2) is 0 Å². The van der Waals surface area contributed by atoms with Gasteiger partial charge in [-0.15, -0.1) is 0 Å². The minimum Gasteiger partial charge on any atom is -0.361 e. The number of fused-ring (bicyclic) bond motifs is 1. The highest BCUT2D eigenvalue weighted by Crippen LogP contribution is 2.39.